The number of carbonyl (C=O) groups excluding carboxylic acids is 1. The number of rotatable bonds is 6. The summed E-state index contributed by atoms with van der Waals surface area (Å²) in [6, 6.07) is 15.0. The number of nitrogens with one attached hydrogen (secondary N) is 1. The van der Waals surface area contributed by atoms with E-state index in [-0.39, 0.29) is 17.4 Å². The number of aryl methyl sites for hydroxylation is 1. The lowest BCUT2D eigenvalue weighted by atomic mass is 9.89. The number of ketones is 1. The van der Waals surface area contributed by atoms with Crippen molar-refractivity contribution in [3.63, 3.8) is 0 Å². The molecule has 1 aliphatic rings. The number of carbonyl (C=O) groups is 1. The Balaban J connectivity index is 1.28. The van der Waals surface area contributed by atoms with Crippen LogP contribution in [0.4, 0.5) is 0 Å². The van der Waals surface area contributed by atoms with Crippen molar-refractivity contribution in [1.29, 1.82) is 0 Å². The lowest BCUT2D eigenvalue weighted by molar-refractivity contribution is 0.0838. The van der Waals surface area contributed by atoms with Crippen LogP contribution in [0, 0.1) is 5.92 Å². The first kappa shape index (κ1) is 19.0. The SMILES string of the molecule is O=C(c1ccc(Cl)cc1)C1CCN(CCCn2c(=O)[nH]c3ccccc32)CC1. The first-order valence-corrected chi connectivity index (χ1v) is 10.2. The van der Waals surface area contributed by atoms with Gasteiger partial charge in [-0.05, 0) is 75.3 Å². The number of aromatic nitrogens is 2. The van der Waals surface area contributed by atoms with Gasteiger partial charge >= 0.3 is 5.69 Å². The summed E-state index contributed by atoms with van der Waals surface area (Å²) >= 11 is 5.91. The third-order valence-electron chi connectivity index (χ3n) is 5.62. The minimum absolute atomic E-state index is 0.0477. The number of likely N-dealkylation sites (tertiary alicyclic amines) is 1. The van der Waals surface area contributed by atoms with Crippen LogP contribution in [0.15, 0.2) is 53.3 Å². The van der Waals surface area contributed by atoms with Crippen molar-refractivity contribution in [2.75, 3.05) is 19.6 Å². The maximum atomic E-state index is 12.6. The van der Waals surface area contributed by atoms with E-state index >= 15 is 0 Å². The van der Waals surface area contributed by atoms with Crippen LogP contribution in [0.5, 0.6) is 0 Å². The summed E-state index contributed by atoms with van der Waals surface area (Å²) in [5.74, 6) is 0.315. The Labute approximate surface area is 168 Å². The van der Waals surface area contributed by atoms with E-state index in [9.17, 15) is 9.59 Å². The number of H-pyrrole nitrogens is 1. The fraction of sp³-hybridized carbons (Fsp3) is 0.364. The van der Waals surface area contributed by atoms with E-state index in [1.54, 1.807) is 12.1 Å². The molecular weight excluding hydrogens is 374 g/mol. The number of Topliss-reactive ketones (excluding diaryl/α,β-unsaturated/α-hetero) is 1. The highest BCUT2D eigenvalue weighted by Gasteiger charge is 2.25. The number of hydrogen-bond acceptors (Lipinski definition) is 3. The molecule has 0 saturated carbocycles. The number of fused-ring (bicyclic) bond motifs is 1. The molecule has 1 saturated heterocycles. The quantitative estimate of drug-likeness (QED) is 0.640. The Morgan fingerprint density at radius 1 is 1.04 bits per heavy atom. The number of nitrogens with zero attached hydrogens (tertiary/aromatic N) is 2. The molecule has 3 aromatic rings. The second kappa shape index (κ2) is 8.33. The van der Waals surface area contributed by atoms with Gasteiger partial charge in [0, 0.05) is 23.0 Å². The van der Waals surface area contributed by atoms with Gasteiger partial charge in [-0.2, -0.15) is 0 Å². The second-order valence-corrected chi connectivity index (χ2v) is 7.88. The van der Waals surface area contributed by atoms with Crippen molar-refractivity contribution < 1.29 is 4.79 Å². The molecule has 0 atom stereocenters. The first-order chi connectivity index (χ1) is 13.6. The van der Waals surface area contributed by atoms with Crippen molar-refractivity contribution in [1.82, 2.24) is 14.5 Å². The Bertz CT molecular complexity index is 1010. The summed E-state index contributed by atoms with van der Waals surface area (Å²) in [6.07, 6.45) is 2.68. The van der Waals surface area contributed by atoms with Gasteiger partial charge in [0.1, 0.15) is 0 Å². The normalized spacial score (nSPS) is 15.9. The predicted octanol–water partition coefficient (Wildman–Crippen LogP) is 3.97. The van der Waals surface area contributed by atoms with Gasteiger partial charge in [-0.25, -0.2) is 4.79 Å². The number of imidazole rings is 1. The largest absolute Gasteiger partial charge is 0.326 e. The maximum Gasteiger partial charge on any atom is 0.326 e. The number of benzene rings is 2. The van der Waals surface area contributed by atoms with Gasteiger partial charge in [-0.1, -0.05) is 23.7 Å². The van der Waals surface area contributed by atoms with Crippen LogP contribution in [0.3, 0.4) is 0 Å². The van der Waals surface area contributed by atoms with Gasteiger partial charge in [0.05, 0.1) is 11.0 Å². The van der Waals surface area contributed by atoms with Gasteiger partial charge in [-0.15, -0.1) is 0 Å². The van der Waals surface area contributed by atoms with E-state index in [1.807, 2.05) is 41.0 Å². The van der Waals surface area contributed by atoms with Crippen molar-refractivity contribution in [3.8, 4) is 0 Å². The average Bonchev–Trinajstić information content (AvgIpc) is 3.04. The third kappa shape index (κ3) is 4.05. The summed E-state index contributed by atoms with van der Waals surface area (Å²) in [7, 11) is 0. The van der Waals surface area contributed by atoms with Gasteiger partial charge in [0.15, 0.2) is 5.78 Å². The van der Waals surface area contributed by atoms with Gasteiger partial charge in [0.2, 0.25) is 0 Å². The summed E-state index contributed by atoms with van der Waals surface area (Å²) in [5.41, 5.74) is 2.55. The van der Waals surface area contributed by atoms with Crippen LogP contribution < -0.4 is 5.69 Å². The van der Waals surface area contributed by atoms with Crippen molar-refractivity contribution >= 4 is 28.4 Å². The van der Waals surface area contributed by atoms with Gasteiger partial charge < -0.3 is 9.88 Å². The molecule has 0 unspecified atom stereocenters. The summed E-state index contributed by atoms with van der Waals surface area (Å²) in [4.78, 5) is 30.1. The second-order valence-electron chi connectivity index (χ2n) is 7.44. The predicted molar refractivity (Wildman–Crippen MR) is 112 cm³/mol. The van der Waals surface area contributed by atoms with Crippen LogP contribution in [-0.2, 0) is 6.54 Å². The van der Waals surface area contributed by atoms with Crippen molar-refractivity contribution in [2.24, 2.45) is 5.92 Å². The zero-order valence-corrected chi connectivity index (χ0v) is 16.5. The molecule has 146 valence electrons. The summed E-state index contributed by atoms with van der Waals surface area (Å²) in [6.45, 7) is 3.49. The minimum Gasteiger partial charge on any atom is -0.306 e. The molecule has 6 heteroatoms. The summed E-state index contributed by atoms with van der Waals surface area (Å²) < 4.78 is 1.81. The fourth-order valence-electron chi connectivity index (χ4n) is 4.05. The molecule has 5 nitrogen and oxygen atoms in total. The molecule has 4 rings (SSSR count). The highest BCUT2D eigenvalue weighted by atomic mass is 35.5. The summed E-state index contributed by atoms with van der Waals surface area (Å²) in [5, 5.41) is 0.653. The van der Waals surface area contributed by atoms with E-state index in [0.717, 1.165) is 55.5 Å². The fourth-order valence-corrected chi connectivity index (χ4v) is 4.18. The van der Waals surface area contributed by atoms with Gasteiger partial charge in [0.25, 0.3) is 0 Å². The maximum absolute atomic E-state index is 12.6. The number of aromatic amines is 1. The van der Waals surface area contributed by atoms with E-state index in [4.69, 9.17) is 11.6 Å². The van der Waals surface area contributed by atoms with Crippen molar-refractivity contribution in [2.45, 2.75) is 25.8 Å². The van der Waals surface area contributed by atoms with E-state index in [0.29, 0.717) is 11.6 Å². The Hall–Kier alpha value is -2.37. The molecule has 1 N–H and O–H groups in total. The van der Waals surface area contributed by atoms with Crippen LogP contribution in [0.25, 0.3) is 11.0 Å². The zero-order chi connectivity index (χ0) is 19.5. The lowest BCUT2D eigenvalue weighted by Crippen LogP contribution is -2.37. The van der Waals surface area contributed by atoms with E-state index in [2.05, 4.69) is 9.88 Å². The molecule has 28 heavy (non-hydrogen) atoms. The van der Waals surface area contributed by atoms with Crippen LogP contribution in [0.1, 0.15) is 29.6 Å². The van der Waals surface area contributed by atoms with Gasteiger partial charge in [-0.3, -0.25) is 9.36 Å². The smallest absolute Gasteiger partial charge is 0.306 e. The highest BCUT2D eigenvalue weighted by Crippen LogP contribution is 2.23. The van der Waals surface area contributed by atoms with Crippen LogP contribution >= 0.6 is 11.6 Å². The molecule has 0 spiro atoms. The molecule has 0 amide bonds. The molecule has 2 heterocycles. The molecule has 1 fully saturated rings. The standard InChI is InChI=1S/C22H24ClN3O2/c23-18-8-6-16(7-9-18)21(27)17-10-14-25(15-11-17)12-3-13-26-20-5-2-1-4-19(20)24-22(26)28/h1-2,4-9,17H,3,10-15H2,(H,24,28). The number of piperidine rings is 1. The Kier molecular flexibility index (Phi) is 5.64. The topological polar surface area (TPSA) is 58.1 Å². The molecule has 2 aromatic carbocycles. The van der Waals surface area contributed by atoms with E-state index in [1.165, 1.54) is 0 Å². The highest BCUT2D eigenvalue weighted by molar-refractivity contribution is 6.30. The number of halogens is 1. The van der Waals surface area contributed by atoms with Crippen molar-refractivity contribution in [3.05, 3.63) is 69.6 Å². The molecule has 0 bridgehead atoms. The number of para-hydroxylation sites is 2. The Morgan fingerprint density at radius 2 is 1.75 bits per heavy atom. The monoisotopic (exact) mass is 397 g/mol. The zero-order valence-electron chi connectivity index (χ0n) is 15.7. The van der Waals surface area contributed by atoms with E-state index < -0.39 is 0 Å². The number of hydrogen-bond donors (Lipinski definition) is 1. The molecule has 0 aliphatic carbocycles. The van der Waals surface area contributed by atoms with Crippen LogP contribution in [0.2, 0.25) is 5.02 Å². The first-order valence-electron chi connectivity index (χ1n) is 9.81. The van der Waals surface area contributed by atoms with Crippen LogP contribution in [-0.4, -0.2) is 39.9 Å². The molecular formula is C22H24ClN3O2. The Morgan fingerprint density at radius 3 is 2.50 bits per heavy atom. The molecule has 1 aromatic heterocycles. The lowest BCUT2D eigenvalue weighted by Gasteiger charge is -2.31. The average molecular weight is 398 g/mol. The molecule has 0 radical (unpaired) electrons. The minimum atomic E-state index is -0.0477. The molecule has 1 aliphatic heterocycles. The third-order valence-corrected chi connectivity index (χ3v) is 5.88.